The molecule has 1 heterocycles. The molecule has 0 spiro atoms. The number of hydrogen-bond acceptors (Lipinski definition) is 5. The number of ether oxygens (including phenoxy) is 2. The Morgan fingerprint density at radius 3 is 2.76 bits per heavy atom. The van der Waals surface area contributed by atoms with E-state index >= 15 is 0 Å². The van der Waals surface area contributed by atoms with Gasteiger partial charge in [0.2, 0.25) is 15.9 Å². The molecule has 0 aliphatic carbocycles. The molecule has 1 N–H and O–H groups in total. The summed E-state index contributed by atoms with van der Waals surface area (Å²) in [6.45, 7) is 3.54. The summed E-state index contributed by atoms with van der Waals surface area (Å²) in [5.41, 5.74) is 0.893. The Labute approximate surface area is 149 Å². The molecule has 1 aliphatic heterocycles. The van der Waals surface area contributed by atoms with E-state index in [4.69, 9.17) is 9.47 Å². The minimum absolute atomic E-state index is 0.124. The highest BCUT2D eigenvalue weighted by atomic mass is 32.2. The Hall–Kier alpha value is -1.80. The van der Waals surface area contributed by atoms with Gasteiger partial charge in [0.15, 0.2) is 11.5 Å². The molecule has 1 aliphatic rings. The van der Waals surface area contributed by atoms with Gasteiger partial charge in [-0.2, -0.15) is 0 Å². The molecule has 0 bridgehead atoms. The second kappa shape index (κ2) is 8.53. The van der Waals surface area contributed by atoms with Gasteiger partial charge in [-0.25, -0.2) is 12.7 Å². The van der Waals surface area contributed by atoms with Crippen LogP contribution in [-0.2, 0) is 21.4 Å². The number of carbonyl (C=O) groups is 1. The number of methoxy groups -OCH3 is 1. The number of amides is 1. The summed E-state index contributed by atoms with van der Waals surface area (Å²) < 4.78 is 35.5. The third kappa shape index (κ3) is 5.34. The minimum atomic E-state index is -3.26. The van der Waals surface area contributed by atoms with E-state index in [-0.39, 0.29) is 18.4 Å². The molecule has 0 aromatic heterocycles. The molecule has 8 heteroatoms. The van der Waals surface area contributed by atoms with Crippen molar-refractivity contribution in [3.8, 4) is 11.5 Å². The number of carbonyl (C=O) groups excluding carboxylic acids is 1. The van der Waals surface area contributed by atoms with Crippen molar-refractivity contribution < 1.29 is 22.7 Å². The maximum Gasteiger partial charge on any atom is 0.224 e. The monoisotopic (exact) mass is 370 g/mol. The second-order valence-electron chi connectivity index (χ2n) is 6.10. The van der Waals surface area contributed by atoms with E-state index in [1.165, 1.54) is 10.6 Å². The smallest absolute Gasteiger partial charge is 0.224 e. The molecule has 0 saturated carbocycles. The van der Waals surface area contributed by atoms with Crippen LogP contribution in [0.3, 0.4) is 0 Å². The fourth-order valence-corrected chi connectivity index (χ4v) is 3.80. The molecule has 1 saturated heterocycles. The van der Waals surface area contributed by atoms with Gasteiger partial charge in [-0.3, -0.25) is 4.79 Å². The molecule has 1 fully saturated rings. The third-order valence-electron chi connectivity index (χ3n) is 4.22. The quantitative estimate of drug-likeness (QED) is 0.784. The lowest BCUT2D eigenvalue weighted by Gasteiger charge is -2.30. The number of sulfonamides is 1. The summed E-state index contributed by atoms with van der Waals surface area (Å²) in [6.07, 6.45) is 2.58. The van der Waals surface area contributed by atoms with Crippen molar-refractivity contribution in [3.63, 3.8) is 0 Å². The molecule has 0 radical (unpaired) electrons. The van der Waals surface area contributed by atoms with Crippen molar-refractivity contribution in [1.29, 1.82) is 0 Å². The number of piperidine rings is 1. The summed E-state index contributed by atoms with van der Waals surface area (Å²) >= 11 is 0. The molecule has 140 valence electrons. The van der Waals surface area contributed by atoms with Crippen LogP contribution in [0.2, 0.25) is 0 Å². The van der Waals surface area contributed by atoms with Gasteiger partial charge in [-0.15, -0.1) is 0 Å². The van der Waals surface area contributed by atoms with E-state index in [0.717, 1.165) is 5.56 Å². The largest absolute Gasteiger partial charge is 0.493 e. The van der Waals surface area contributed by atoms with Crippen LogP contribution >= 0.6 is 0 Å². The van der Waals surface area contributed by atoms with Crippen molar-refractivity contribution in [2.45, 2.75) is 26.3 Å². The zero-order valence-corrected chi connectivity index (χ0v) is 15.8. The van der Waals surface area contributed by atoms with Crippen molar-refractivity contribution >= 4 is 15.9 Å². The molecule has 2 rings (SSSR count). The Kier molecular flexibility index (Phi) is 6.66. The van der Waals surface area contributed by atoms with Crippen LogP contribution in [0.25, 0.3) is 0 Å². The van der Waals surface area contributed by atoms with Crippen LogP contribution in [0.5, 0.6) is 11.5 Å². The molecule has 1 aromatic rings. The molecule has 25 heavy (non-hydrogen) atoms. The van der Waals surface area contributed by atoms with E-state index < -0.39 is 10.0 Å². The van der Waals surface area contributed by atoms with E-state index in [1.807, 2.05) is 25.1 Å². The van der Waals surface area contributed by atoms with Crippen LogP contribution in [0.15, 0.2) is 18.2 Å². The second-order valence-corrected chi connectivity index (χ2v) is 8.08. The Bertz CT molecular complexity index is 705. The Morgan fingerprint density at radius 2 is 2.12 bits per heavy atom. The van der Waals surface area contributed by atoms with Crippen molar-refractivity contribution in [3.05, 3.63) is 23.8 Å². The van der Waals surface area contributed by atoms with Gasteiger partial charge in [0.05, 0.1) is 25.9 Å². The van der Waals surface area contributed by atoms with Gasteiger partial charge in [-0.1, -0.05) is 6.07 Å². The SMILES string of the molecule is CCOc1ccc(CNC(=O)[C@H]2CCCN(S(C)(=O)=O)C2)cc1OC. The predicted molar refractivity (Wildman–Crippen MR) is 95.2 cm³/mol. The molecular formula is C17H26N2O5S. The predicted octanol–water partition coefficient (Wildman–Crippen LogP) is 1.38. The summed E-state index contributed by atoms with van der Waals surface area (Å²) in [6, 6.07) is 5.52. The summed E-state index contributed by atoms with van der Waals surface area (Å²) in [7, 11) is -1.68. The van der Waals surface area contributed by atoms with Gasteiger partial charge < -0.3 is 14.8 Å². The molecule has 1 amide bonds. The maximum atomic E-state index is 12.4. The van der Waals surface area contributed by atoms with Crippen molar-refractivity contribution in [2.24, 2.45) is 5.92 Å². The van der Waals surface area contributed by atoms with Gasteiger partial charge >= 0.3 is 0 Å². The number of hydrogen-bond donors (Lipinski definition) is 1. The first-order valence-electron chi connectivity index (χ1n) is 8.37. The Balaban J connectivity index is 1.95. The Morgan fingerprint density at radius 1 is 1.36 bits per heavy atom. The van der Waals surface area contributed by atoms with Gasteiger partial charge in [0, 0.05) is 19.6 Å². The average Bonchev–Trinajstić information content (AvgIpc) is 2.60. The lowest BCUT2D eigenvalue weighted by molar-refractivity contribution is -0.126. The summed E-state index contributed by atoms with van der Waals surface area (Å²) in [5.74, 6) is 0.847. The van der Waals surface area contributed by atoms with E-state index in [0.29, 0.717) is 44.0 Å². The molecule has 1 aromatic carbocycles. The van der Waals surface area contributed by atoms with Crippen LogP contribution in [-0.4, -0.2) is 51.7 Å². The van der Waals surface area contributed by atoms with Crippen LogP contribution in [0, 0.1) is 5.92 Å². The lowest BCUT2D eigenvalue weighted by Crippen LogP contribution is -2.44. The zero-order valence-electron chi connectivity index (χ0n) is 14.9. The first-order chi connectivity index (χ1) is 11.8. The highest BCUT2D eigenvalue weighted by Crippen LogP contribution is 2.28. The maximum absolute atomic E-state index is 12.4. The fourth-order valence-electron chi connectivity index (χ4n) is 2.89. The number of nitrogens with one attached hydrogen (secondary N) is 1. The van der Waals surface area contributed by atoms with E-state index in [9.17, 15) is 13.2 Å². The van der Waals surface area contributed by atoms with Crippen LogP contribution < -0.4 is 14.8 Å². The van der Waals surface area contributed by atoms with Gasteiger partial charge in [-0.05, 0) is 37.5 Å². The minimum Gasteiger partial charge on any atom is -0.493 e. The molecule has 7 nitrogen and oxygen atoms in total. The highest BCUT2D eigenvalue weighted by Gasteiger charge is 2.29. The zero-order chi connectivity index (χ0) is 18.4. The lowest BCUT2D eigenvalue weighted by atomic mass is 9.98. The number of nitrogens with zero attached hydrogens (tertiary/aromatic N) is 1. The molecule has 0 unspecified atom stereocenters. The fraction of sp³-hybridized carbons (Fsp3) is 0.588. The van der Waals surface area contributed by atoms with Crippen LogP contribution in [0.4, 0.5) is 0 Å². The number of benzene rings is 1. The summed E-state index contributed by atoms with van der Waals surface area (Å²) in [4.78, 5) is 12.4. The number of rotatable bonds is 7. The van der Waals surface area contributed by atoms with Crippen molar-refractivity contribution in [1.82, 2.24) is 9.62 Å². The van der Waals surface area contributed by atoms with Crippen molar-refractivity contribution in [2.75, 3.05) is 33.1 Å². The van der Waals surface area contributed by atoms with Gasteiger partial charge in [0.25, 0.3) is 0 Å². The van der Waals surface area contributed by atoms with Crippen LogP contribution in [0.1, 0.15) is 25.3 Å². The molecule has 1 atom stereocenters. The molecular weight excluding hydrogens is 344 g/mol. The average molecular weight is 370 g/mol. The standard InChI is InChI=1S/C17H26N2O5S/c1-4-24-15-8-7-13(10-16(15)23-2)11-18-17(20)14-6-5-9-19(12-14)25(3,21)22/h7-8,10,14H,4-6,9,11-12H2,1-3H3,(H,18,20)/t14-/m0/s1. The van der Waals surface area contributed by atoms with E-state index in [1.54, 1.807) is 7.11 Å². The first kappa shape index (κ1) is 19.5. The normalized spacial score (nSPS) is 18.6. The third-order valence-corrected chi connectivity index (χ3v) is 5.49. The van der Waals surface area contributed by atoms with Gasteiger partial charge in [0.1, 0.15) is 0 Å². The van der Waals surface area contributed by atoms with E-state index in [2.05, 4.69) is 5.32 Å². The summed E-state index contributed by atoms with van der Waals surface area (Å²) in [5, 5.41) is 2.89. The highest BCUT2D eigenvalue weighted by molar-refractivity contribution is 7.88. The first-order valence-corrected chi connectivity index (χ1v) is 10.2. The topological polar surface area (TPSA) is 84.9 Å².